The molecule has 0 unspecified atom stereocenters. The number of nitrogens with zero attached hydrogens (tertiary/aromatic N) is 3. The Labute approximate surface area is 146 Å². The van der Waals surface area contributed by atoms with Crippen LogP contribution in [0.3, 0.4) is 0 Å². The van der Waals surface area contributed by atoms with E-state index in [1.165, 1.54) is 0 Å². The zero-order chi connectivity index (χ0) is 17.6. The van der Waals surface area contributed by atoms with Crippen molar-refractivity contribution in [2.75, 3.05) is 0 Å². The van der Waals surface area contributed by atoms with Crippen molar-refractivity contribution in [2.45, 2.75) is 26.6 Å². The van der Waals surface area contributed by atoms with Crippen molar-refractivity contribution in [3.63, 3.8) is 0 Å². The van der Waals surface area contributed by atoms with E-state index in [1.807, 2.05) is 47.9 Å². The van der Waals surface area contributed by atoms with Gasteiger partial charge >= 0.3 is 0 Å². The summed E-state index contributed by atoms with van der Waals surface area (Å²) < 4.78 is 1.95. The van der Waals surface area contributed by atoms with Crippen molar-refractivity contribution in [1.82, 2.24) is 20.1 Å². The Morgan fingerprint density at radius 2 is 1.84 bits per heavy atom. The van der Waals surface area contributed by atoms with Crippen LogP contribution >= 0.6 is 0 Å². The largest absolute Gasteiger partial charge is 0.392 e. The number of aryl methyl sites for hydroxylation is 1. The maximum absolute atomic E-state index is 12.3. The van der Waals surface area contributed by atoms with E-state index in [0.717, 1.165) is 29.1 Å². The molecular formula is C19H20N4O2. The Hall–Kier alpha value is -2.99. The first-order chi connectivity index (χ1) is 12.2. The lowest BCUT2D eigenvalue weighted by atomic mass is 10.1. The van der Waals surface area contributed by atoms with Crippen molar-refractivity contribution >= 4 is 5.91 Å². The summed E-state index contributed by atoms with van der Waals surface area (Å²) in [6, 6.07) is 14.8. The molecular weight excluding hydrogens is 316 g/mol. The van der Waals surface area contributed by atoms with E-state index in [4.69, 9.17) is 0 Å². The van der Waals surface area contributed by atoms with Crippen LogP contribution < -0.4 is 5.32 Å². The van der Waals surface area contributed by atoms with E-state index in [0.29, 0.717) is 12.1 Å². The van der Waals surface area contributed by atoms with Crippen molar-refractivity contribution < 1.29 is 9.90 Å². The Balaban J connectivity index is 1.69. The molecule has 6 heteroatoms. The molecule has 0 saturated carbocycles. The normalized spacial score (nSPS) is 10.6. The fourth-order valence-corrected chi connectivity index (χ4v) is 2.64. The molecule has 0 aliphatic carbocycles. The van der Waals surface area contributed by atoms with Crippen LogP contribution in [-0.2, 0) is 19.7 Å². The maximum Gasteiger partial charge on any atom is 0.251 e. The van der Waals surface area contributed by atoms with E-state index in [9.17, 15) is 9.90 Å². The van der Waals surface area contributed by atoms with Crippen LogP contribution in [0.2, 0.25) is 0 Å². The number of carbonyl (C=O) groups excluding carboxylic acids is 1. The van der Waals surface area contributed by atoms with Gasteiger partial charge in [0.2, 0.25) is 0 Å². The van der Waals surface area contributed by atoms with Gasteiger partial charge in [0.25, 0.3) is 5.91 Å². The third-order valence-corrected chi connectivity index (χ3v) is 4.09. The molecule has 1 aromatic heterocycles. The summed E-state index contributed by atoms with van der Waals surface area (Å²) >= 11 is 0. The minimum atomic E-state index is -0.156. The molecule has 2 aromatic carbocycles. The standard InChI is InChI=1S/C19H20N4O2/c1-2-23-13-21-22-18(23)14-7-9-15(10-8-14)19(25)20-11-16-5-3-4-6-17(16)12-24/h3-10,13,24H,2,11-12H2,1H3,(H,20,25). The fourth-order valence-electron chi connectivity index (χ4n) is 2.64. The maximum atomic E-state index is 12.3. The highest BCUT2D eigenvalue weighted by molar-refractivity contribution is 5.94. The first-order valence-electron chi connectivity index (χ1n) is 8.17. The van der Waals surface area contributed by atoms with Gasteiger partial charge < -0.3 is 15.0 Å². The molecule has 1 amide bonds. The summed E-state index contributed by atoms with van der Waals surface area (Å²) in [5.74, 6) is 0.627. The number of aliphatic hydroxyl groups is 1. The second kappa shape index (κ2) is 7.72. The fraction of sp³-hybridized carbons (Fsp3) is 0.211. The number of aromatic nitrogens is 3. The van der Waals surface area contributed by atoms with Gasteiger partial charge in [0.1, 0.15) is 6.33 Å². The van der Waals surface area contributed by atoms with Gasteiger partial charge in [-0.3, -0.25) is 4.79 Å². The minimum absolute atomic E-state index is 0.0428. The number of aliphatic hydroxyl groups excluding tert-OH is 1. The van der Waals surface area contributed by atoms with Crippen molar-refractivity contribution in [2.24, 2.45) is 0 Å². The van der Waals surface area contributed by atoms with Gasteiger partial charge in [-0.25, -0.2) is 0 Å². The molecule has 6 nitrogen and oxygen atoms in total. The molecule has 0 aliphatic rings. The number of benzene rings is 2. The molecule has 3 aromatic rings. The van der Waals surface area contributed by atoms with Gasteiger partial charge in [-0.05, 0) is 30.2 Å². The lowest BCUT2D eigenvalue weighted by Crippen LogP contribution is -2.23. The number of rotatable bonds is 6. The number of carbonyl (C=O) groups is 1. The van der Waals surface area contributed by atoms with Crippen LogP contribution in [0.4, 0.5) is 0 Å². The van der Waals surface area contributed by atoms with E-state index in [2.05, 4.69) is 15.5 Å². The number of amides is 1. The van der Waals surface area contributed by atoms with Crippen LogP contribution in [0.15, 0.2) is 54.9 Å². The Bertz CT molecular complexity index is 856. The molecule has 0 spiro atoms. The lowest BCUT2D eigenvalue weighted by Gasteiger charge is -2.09. The topological polar surface area (TPSA) is 80.0 Å². The minimum Gasteiger partial charge on any atom is -0.392 e. The first-order valence-corrected chi connectivity index (χ1v) is 8.17. The average Bonchev–Trinajstić information content (AvgIpc) is 3.15. The second-order valence-electron chi connectivity index (χ2n) is 5.63. The number of hydrogen-bond acceptors (Lipinski definition) is 4. The van der Waals surface area contributed by atoms with Gasteiger partial charge in [-0.1, -0.05) is 36.4 Å². The van der Waals surface area contributed by atoms with Crippen LogP contribution in [0.5, 0.6) is 0 Å². The lowest BCUT2D eigenvalue weighted by molar-refractivity contribution is 0.0950. The second-order valence-corrected chi connectivity index (χ2v) is 5.63. The third kappa shape index (κ3) is 3.75. The summed E-state index contributed by atoms with van der Waals surface area (Å²) in [7, 11) is 0. The zero-order valence-electron chi connectivity index (χ0n) is 14.0. The molecule has 0 bridgehead atoms. The van der Waals surface area contributed by atoms with Crippen LogP contribution in [0.1, 0.15) is 28.4 Å². The molecule has 3 rings (SSSR count). The monoisotopic (exact) mass is 336 g/mol. The molecule has 0 radical (unpaired) electrons. The Morgan fingerprint density at radius 3 is 2.52 bits per heavy atom. The van der Waals surface area contributed by atoms with E-state index in [-0.39, 0.29) is 12.5 Å². The smallest absolute Gasteiger partial charge is 0.251 e. The summed E-state index contributed by atoms with van der Waals surface area (Å²) in [5, 5.41) is 20.3. The summed E-state index contributed by atoms with van der Waals surface area (Å²) in [6.07, 6.45) is 1.69. The molecule has 0 atom stereocenters. The van der Waals surface area contributed by atoms with E-state index < -0.39 is 0 Å². The van der Waals surface area contributed by atoms with E-state index >= 15 is 0 Å². The molecule has 128 valence electrons. The highest BCUT2D eigenvalue weighted by atomic mass is 16.3. The molecule has 1 heterocycles. The molecule has 0 fully saturated rings. The number of hydrogen-bond donors (Lipinski definition) is 2. The average molecular weight is 336 g/mol. The highest BCUT2D eigenvalue weighted by Crippen LogP contribution is 2.17. The van der Waals surface area contributed by atoms with Crippen LogP contribution in [0.25, 0.3) is 11.4 Å². The SMILES string of the molecule is CCn1cnnc1-c1ccc(C(=O)NCc2ccccc2CO)cc1. The summed E-state index contributed by atoms with van der Waals surface area (Å²) in [6.45, 7) is 3.15. The van der Waals surface area contributed by atoms with Crippen molar-refractivity contribution in [3.05, 3.63) is 71.5 Å². The summed E-state index contributed by atoms with van der Waals surface area (Å²) in [5.41, 5.74) is 3.22. The van der Waals surface area contributed by atoms with Gasteiger partial charge in [0, 0.05) is 24.2 Å². The van der Waals surface area contributed by atoms with Gasteiger partial charge in [0.05, 0.1) is 6.61 Å². The Kier molecular flexibility index (Phi) is 5.20. The molecule has 0 aliphatic heterocycles. The van der Waals surface area contributed by atoms with Crippen molar-refractivity contribution in [3.8, 4) is 11.4 Å². The molecule has 0 saturated heterocycles. The van der Waals surface area contributed by atoms with Gasteiger partial charge in [-0.2, -0.15) is 0 Å². The quantitative estimate of drug-likeness (QED) is 0.724. The summed E-state index contributed by atoms with van der Waals surface area (Å²) in [4.78, 5) is 12.3. The van der Waals surface area contributed by atoms with Gasteiger partial charge in [0.15, 0.2) is 5.82 Å². The van der Waals surface area contributed by atoms with Gasteiger partial charge in [-0.15, -0.1) is 10.2 Å². The zero-order valence-corrected chi connectivity index (χ0v) is 14.0. The van der Waals surface area contributed by atoms with Crippen LogP contribution in [-0.4, -0.2) is 25.8 Å². The predicted molar refractivity (Wildman–Crippen MR) is 94.7 cm³/mol. The predicted octanol–water partition coefficient (Wildman–Crippen LogP) is 2.39. The molecule has 2 N–H and O–H groups in total. The van der Waals surface area contributed by atoms with Crippen molar-refractivity contribution in [1.29, 1.82) is 0 Å². The van der Waals surface area contributed by atoms with Crippen LogP contribution in [0, 0.1) is 0 Å². The number of nitrogens with one attached hydrogen (secondary N) is 1. The molecule has 25 heavy (non-hydrogen) atoms. The highest BCUT2D eigenvalue weighted by Gasteiger charge is 2.10. The third-order valence-electron chi connectivity index (χ3n) is 4.09. The van der Waals surface area contributed by atoms with E-state index in [1.54, 1.807) is 18.5 Å². The Morgan fingerprint density at radius 1 is 1.12 bits per heavy atom. The first kappa shape index (κ1) is 16.9.